The molecule has 2 aromatic rings. The summed E-state index contributed by atoms with van der Waals surface area (Å²) in [5.74, 6) is 0.918. The van der Waals surface area contributed by atoms with Gasteiger partial charge in [-0.1, -0.05) is 48.9 Å². The van der Waals surface area contributed by atoms with Crippen molar-refractivity contribution in [3.63, 3.8) is 0 Å². The van der Waals surface area contributed by atoms with Crippen LogP contribution in [0.4, 0.5) is 0 Å². The van der Waals surface area contributed by atoms with Crippen LogP contribution in [-0.4, -0.2) is 7.05 Å². The number of ether oxygens (including phenoxy) is 1. The first-order chi connectivity index (χ1) is 9.72. The van der Waals surface area contributed by atoms with E-state index in [-0.39, 0.29) is 0 Å². The predicted molar refractivity (Wildman–Crippen MR) is 84.0 cm³/mol. The number of rotatable bonds is 6. The molecule has 0 aliphatic heterocycles. The highest BCUT2D eigenvalue weighted by Crippen LogP contribution is 2.20. The Morgan fingerprint density at radius 3 is 2.45 bits per heavy atom. The number of hydrogen-bond acceptors (Lipinski definition) is 2. The SMILES string of the molecule is CCC(NC)c1ccc(OCc2cccc(C)c2)cc1. The lowest BCUT2D eigenvalue weighted by Gasteiger charge is -2.15. The van der Waals surface area contributed by atoms with E-state index >= 15 is 0 Å². The zero-order chi connectivity index (χ0) is 14.4. The predicted octanol–water partition coefficient (Wildman–Crippen LogP) is 4.24. The fraction of sp³-hybridized carbons (Fsp3) is 0.333. The number of benzene rings is 2. The molecule has 0 saturated carbocycles. The lowest BCUT2D eigenvalue weighted by Crippen LogP contribution is -2.14. The first-order valence-electron chi connectivity index (χ1n) is 7.18. The fourth-order valence-electron chi connectivity index (χ4n) is 2.37. The molecule has 0 fully saturated rings. The zero-order valence-corrected chi connectivity index (χ0v) is 12.5. The van der Waals surface area contributed by atoms with Gasteiger partial charge in [-0.3, -0.25) is 0 Å². The van der Waals surface area contributed by atoms with E-state index in [1.54, 1.807) is 0 Å². The molecular weight excluding hydrogens is 246 g/mol. The van der Waals surface area contributed by atoms with E-state index in [1.165, 1.54) is 16.7 Å². The maximum Gasteiger partial charge on any atom is 0.119 e. The summed E-state index contributed by atoms with van der Waals surface area (Å²) in [5.41, 5.74) is 3.77. The molecule has 1 atom stereocenters. The van der Waals surface area contributed by atoms with Crippen LogP contribution in [0.25, 0.3) is 0 Å². The molecule has 2 heteroatoms. The molecule has 0 amide bonds. The molecule has 0 aromatic heterocycles. The lowest BCUT2D eigenvalue weighted by atomic mass is 10.0. The van der Waals surface area contributed by atoms with Gasteiger partial charge in [0.1, 0.15) is 12.4 Å². The lowest BCUT2D eigenvalue weighted by molar-refractivity contribution is 0.306. The smallest absolute Gasteiger partial charge is 0.119 e. The van der Waals surface area contributed by atoms with E-state index in [0.29, 0.717) is 12.6 Å². The van der Waals surface area contributed by atoms with E-state index in [1.807, 2.05) is 19.2 Å². The van der Waals surface area contributed by atoms with Crippen molar-refractivity contribution in [2.75, 3.05) is 7.05 Å². The Labute approximate surface area is 121 Å². The van der Waals surface area contributed by atoms with Crippen molar-refractivity contribution in [2.45, 2.75) is 32.9 Å². The first kappa shape index (κ1) is 14.6. The van der Waals surface area contributed by atoms with E-state index in [4.69, 9.17) is 4.74 Å². The summed E-state index contributed by atoms with van der Waals surface area (Å²) in [6.45, 7) is 4.90. The van der Waals surface area contributed by atoms with Crippen LogP contribution >= 0.6 is 0 Å². The minimum absolute atomic E-state index is 0.417. The summed E-state index contributed by atoms with van der Waals surface area (Å²) in [4.78, 5) is 0. The second-order valence-corrected chi connectivity index (χ2v) is 5.10. The topological polar surface area (TPSA) is 21.3 Å². The van der Waals surface area contributed by atoms with E-state index in [0.717, 1.165) is 12.2 Å². The van der Waals surface area contributed by atoms with Gasteiger partial charge in [0.25, 0.3) is 0 Å². The summed E-state index contributed by atoms with van der Waals surface area (Å²) in [6, 6.07) is 17.2. The van der Waals surface area contributed by atoms with Crippen LogP contribution in [0.2, 0.25) is 0 Å². The molecule has 20 heavy (non-hydrogen) atoms. The van der Waals surface area contributed by atoms with Crippen molar-refractivity contribution < 1.29 is 4.74 Å². The molecule has 1 N–H and O–H groups in total. The normalized spacial score (nSPS) is 12.2. The first-order valence-corrected chi connectivity index (χ1v) is 7.18. The molecule has 1 unspecified atom stereocenters. The third-order valence-corrected chi connectivity index (χ3v) is 3.53. The Hall–Kier alpha value is -1.80. The maximum atomic E-state index is 5.83. The molecule has 2 rings (SSSR count). The van der Waals surface area contributed by atoms with E-state index in [9.17, 15) is 0 Å². The van der Waals surface area contributed by atoms with E-state index < -0.39 is 0 Å². The molecule has 0 heterocycles. The minimum Gasteiger partial charge on any atom is -0.489 e. The van der Waals surface area contributed by atoms with Crippen LogP contribution < -0.4 is 10.1 Å². The van der Waals surface area contributed by atoms with Crippen LogP contribution in [0.15, 0.2) is 48.5 Å². The maximum absolute atomic E-state index is 5.83. The van der Waals surface area contributed by atoms with Crippen molar-refractivity contribution in [2.24, 2.45) is 0 Å². The van der Waals surface area contributed by atoms with Crippen LogP contribution in [0.5, 0.6) is 5.75 Å². The number of nitrogens with one attached hydrogen (secondary N) is 1. The Bertz CT molecular complexity index is 529. The molecule has 0 bridgehead atoms. The van der Waals surface area contributed by atoms with E-state index in [2.05, 4.69) is 55.6 Å². The summed E-state index contributed by atoms with van der Waals surface area (Å²) in [7, 11) is 2.00. The molecule has 2 aromatic carbocycles. The van der Waals surface area contributed by atoms with Crippen LogP contribution in [0.1, 0.15) is 36.1 Å². The highest BCUT2D eigenvalue weighted by Gasteiger charge is 2.06. The van der Waals surface area contributed by atoms with Gasteiger partial charge in [0, 0.05) is 6.04 Å². The average molecular weight is 269 g/mol. The molecule has 0 saturated heterocycles. The minimum atomic E-state index is 0.417. The Morgan fingerprint density at radius 2 is 1.85 bits per heavy atom. The van der Waals surface area contributed by atoms with Crippen molar-refractivity contribution in [3.05, 3.63) is 65.2 Å². The van der Waals surface area contributed by atoms with Gasteiger partial charge in [0.05, 0.1) is 0 Å². The average Bonchev–Trinajstić information content (AvgIpc) is 2.48. The monoisotopic (exact) mass is 269 g/mol. The van der Waals surface area contributed by atoms with Gasteiger partial charge >= 0.3 is 0 Å². The molecule has 0 spiro atoms. The quantitative estimate of drug-likeness (QED) is 0.846. The standard InChI is InChI=1S/C18H23NO/c1-4-18(19-3)16-8-10-17(11-9-16)20-13-15-7-5-6-14(2)12-15/h5-12,18-19H,4,13H2,1-3H3. The van der Waals surface area contributed by atoms with Gasteiger partial charge in [-0.2, -0.15) is 0 Å². The van der Waals surface area contributed by atoms with Crippen LogP contribution in [0.3, 0.4) is 0 Å². The van der Waals surface area contributed by atoms with Gasteiger partial charge in [0.15, 0.2) is 0 Å². The molecular formula is C18H23NO. The van der Waals surface area contributed by atoms with Crippen LogP contribution in [0, 0.1) is 6.92 Å². The second kappa shape index (κ2) is 7.11. The zero-order valence-electron chi connectivity index (χ0n) is 12.5. The highest BCUT2D eigenvalue weighted by molar-refractivity contribution is 5.30. The van der Waals surface area contributed by atoms with Gasteiger partial charge < -0.3 is 10.1 Å². The van der Waals surface area contributed by atoms with Crippen molar-refractivity contribution in [3.8, 4) is 5.75 Å². The largest absolute Gasteiger partial charge is 0.489 e. The fourth-order valence-corrected chi connectivity index (χ4v) is 2.37. The number of hydrogen-bond donors (Lipinski definition) is 1. The third-order valence-electron chi connectivity index (χ3n) is 3.53. The van der Waals surface area contributed by atoms with Gasteiger partial charge in [0.2, 0.25) is 0 Å². The number of aryl methyl sites for hydroxylation is 1. The second-order valence-electron chi connectivity index (χ2n) is 5.10. The van der Waals surface area contributed by atoms with Crippen molar-refractivity contribution in [1.82, 2.24) is 5.32 Å². The molecule has 0 radical (unpaired) electrons. The Balaban J connectivity index is 1.97. The molecule has 2 nitrogen and oxygen atoms in total. The molecule has 106 valence electrons. The highest BCUT2D eigenvalue weighted by atomic mass is 16.5. The van der Waals surface area contributed by atoms with Crippen molar-refractivity contribution >= 4 is 0 Å². The molecule has 0 aliphatic rings. The summed E-state index contributed by atoms with van der Waals surface area (Å²) in [6.07, 6.45) is 1.08. The Morgan fingerprint density at radius 1 is 1.10 bits per heavy atom. The van der Waals surface area contributed by atoms with Gasteiger partial charge in [-0.25, -0.2) is 0 Å². The molecule has 0 aliphatic carbocycles. The third kappa shape index (κ3) is 3.84. The van der Waals surface area contributed by atoms with Gasteiger partial charge in [-0.15, -0.1) is 0 Å². The Kier molecular flexibility index (Phi) is 5.19. The van der Waals surface area contributed by atoms with Crippen LogP contribution in [-0.2, 0) is 6.61 Å². The summed E-state index contributed by atoms with van der Waals surface area (Å²) < 4.78 is 5.83. The van der Waals surface area contributed by atoms with Crippen molar-refractivity contribution in [1.29, 1.82) is 0 Å². The summed E-state index contributed by atoms with van der Waals surface area (Å²) >= 11 is 0. The summed E-state index contributed by atoms with van der Waals surface area (Å²) in [5, 5.41) is 3.31. The van der Waals surface area contributed by atoms with Gasteiger partial charge in [-0.05, 0) is 43.7 Å².